The Bertz CT molecular complexity index is 382. The SMILES string of the molecule is CC1CCc2ccccc2N1C1CCNCC1. The third-order valence-electron chi connectivity index (χ3n) is 4.28. The van der Waals surface area contributed by atoms with Crippen LogP contribution in [0.2, 0.25) is 0 Å². The van der Waals surface area contributed by atoms with E-state index in [1.54, 1.807) is 5.56 Å². The number of aryl methyl sites for hydroxylation is 1. The zero-order chi connectivity index (χ0) is 11.7. The van der Waals surface area contributed by atoms with Gasteiger partial charge in [0, 0.05) is 17.8 Å². The largest absolute Gasteiger partial charge is 0.366 e. The molecule has 1 unspecified atom stereocenters. The van der Waals surface area contributed by atoms with Crippen LogP contribution in [0.5, 0.6) is 0 Å². The summed E-state index contributed by atoms with van der Waals surface area (Å²) in [6.07, 6.45) is 5.14. The number of piperidine rings is 1. The molecule has 1 saturated heterocycles. The molecule has 2 heteroatoms. The number of anilines is 1. The fourth-order valence-electron chi connectivity index (χ4n) is 3.36. The van der Waals surface area contributed by atoms with Crippen molar-refractivity contribution in [2.45, 2.75) is 44.7 Å². The van der Waals surface area contributed by atoms with Gasteiger partial charge in [0.05, 0.1) is 0 Å². The fraction of sp³-hybridized carbons (Fsp3) is 0.600. The van der Waals surface area contributed by atoms with Gasteiger partial charge in [0.1, 0.15) is 0 Å². The normalized spacial score (nSPS) is 25.7. The van der Waals surface area contributed by atoms with Crippen LogP contribution in [0.15, 0.2) is 24.3 Å². The molecule has 3 rings (SSSR count). The third-order valence-corrected chi connectivity index (χ3v) is 4.28. The van der Waals surface area contributed by atoms with Gasteiger partial charge in [-0.3, -0.25) is 0 Å². The van der Waals surface area contributed by atoms with Gasteiger partial charge >= 0.3 is 0 Å². The molecule has 1 N–H and O–H groups in total. The number of hydrogen-bond donors (Lipinski definition) is 1. The molecule has 0 amide bonds. The van der Waals surface area contributed by atoms with Gasteiger partial charge in [-0.25, -0.2) is 0 Å². The molecule has 1 aromatic rings. The first-order valence-corrected chi connectivity index (χ1v) is 6.93. The molecule has 0 bridgehead atoms. The standard InChI is InChI=1S/C15H22N2/c1-12-6-7-13-4-2-3-5-15(13)17(12)14-8-10-16-11-9-14/h2-5,12,14,16H,6-11H2,1H3. The van der Waals surface area contributed by atoms with Crippen molar-refractivity contribution >= 4 is 5.69 Å². The van der Waals surface area contributed by atoms with E-state index in [1.165, 1.54) is 44.5 Å². The van der Waals surface area contributed by atoms with Crippen molar-refractivity contribution in [3.8, 4) is 0 Å². The summed E-state index contributed by atoms with van der Waals surface area (Å²) >= 11 is 0. The maximum atomic E-state index is 3.47. The van der Waals surface area contributed by atoms with E-state index in [9.17, 15) is 0 Å². The number of nitrogens with zero attached hydrogens (tertiary/aromatic N) is 1. The van der Waals surface area contributed by atoms with Crippen LogP contribution >= 0.6 is 0 Å². The lowest BCUT2D eigenvalue weighted by Crippen LogP contribution is -2.49. The summed E-state index contributed by atoms with van der Waals surface area (Å²) in [7, 11) is 0. The highest BCUT2D eigenvalue weighted by molar-refractivity contribution is 5.57. The van der Waals surface area contributed by atoms with Crippen LogP contribution in [0.1, 0.15) is 31.7 Å². The average Bonchev–Trinajstić information content (AvgIpc) is 2.39. The molecule has 2 nitrogen and oxygen atoms in total. The molecule has 2 aliphatic heterocycles. The Kier molecular flexibility index (Phi) is 3.06. The summed E-state index contributed by atoms with van der Waals surface area (Å²) in [6.45, 7) is 4.74. The molecule has 0 saturated carbocycles. The Morgan fingerprint density at radius 2 is 1.88 bits per heavy atom. The van der Waals surface area contributed by atoms with Crippen molar-refractivity contribution < 1.29 is 0 Å². The second kappa shape index (κ2) is 4.69. The highest BCUT2D eigenvalue weighted by Crippen LogP contribution is 2.33. The van der Waals surface area contributed by atoms with E-state index >= 15 is 0 Å². The highest BCUT2D eigenvalue weighted by Gasteiger charge is 2.29. The van der Waals surface area contributed by atoms with Gasteiger partial charge in [-0.15, -0.1) is 0 Å². The van der Waals surface area contributed by atoms with Crippen LogP contribution in [0, 0.1) is 0 Å². The van der Waals surface area contributed by atoms with Crippen LogP contribution in [0.25, 0.3) is 0 Å². The first kappa shape index (κ1) is 11.1. The van der Waals surface area contributed by atoms with E-state index in [2.05, 4.69) is 41.4 Å². The van der Waals surface area contributed by atoms with Crippen LogP contribution in [0.3, 0.4) is 0 Å². The van der Waals surface area contributed by atoms with E-state index in [4.69, 9.17) is 0 Å². The van der Waals surface area contributed by atoms with Gasteiger partial charge < -0.3 is 10.2 Å². The van der Waals surface area contributed by atoms with Gasteiger partial charge in [-0.1, -0.05) is 18.2 Å². The third kappa shape index (κ3) is 2.06. The van der Waals surface area contributed by atoms with Gasteiger partial charge in [-0.2, -0.15) is 0 Å². The number of nitrogens with one attached hydrogen (secondary N) is 1. The summed E-state index contributed by atoms with van der Waals surface area (Å²) in [4.78, 5) is 2.69. The molecule has 1 aromatic carbocycles. The first-order valence-electron chi connectivity index (χ1n) is 6.93. The molecule has 0 aliphatic carbocycles. The lowest BCUT2D eigenvalue weighted by atomic mass is 9.92. The van der Waals surface area contributed by atoms with Crippen molar-refractivity contribution in [3.05, 3.63) is 29.8 Å². The fourth-order valence-corrected chi connectivity index (χ4v) is 3.36. The summed E-state index contributed by atoms with van der Waals surface area (Å²) < 4.78 is 0. The summed E-state index contributed by atoms with van der Waals surface area (Å²) in [5.41, 5.74) is 3.04. The van der Waals surface area contributed by atoms with Crippen LogP contribution in [0.4, 0.5) is 5.69 Å². The Morgan fingerprint density at radius 3 is 2.71 bits per heavy atom. The van der Waals surface area contributed by atoms with E-state index in [0.29, 0.717) is 6.04 Å². The maximum Gasteiger partial charge on any atom is 0.0403 e. The van der Waals surface area contributed by atoms with Crippen molar-refractivity contribution in [2.75, 3.05) is 18.0 Å². The quantitative estimate of drug-likeness (QED) is 0.797. The Hall–Kier alpha value is -1.02. The molecular formula is C15H22N2. The summed E-state index contributed by atoms with van der Waals surface area (Å²) in [5.74, 6) is 0. The Balaban J connectivity index is 1.91. The van der Waals surface area contributed by atoms with Crippen LogP contribution in [-0.2, 0) is 6.42 Å². The zero-order valence-electron chi connectivity index (χ0n) is 10.7. The minimum absolute atomic E-state index is 0.702. The van der Waals surface area contributed by atoms with Crippen molar-refractivity contribution in [3.63, 3.8) is 0 Å². The predicted molar refractivity (Wildman–Crippen MR) is 72.6 cm³/mol. The van der Waals surface area contributed by atoms with E-state index in [1.807, 2.05) is 0 Å². The predicted octanol–water partition coefficient (Wildman–Crippen LogP) is 2.58. The topological polar surface area (TPSA) is 15.3 Å². The zero-order valence-corrected chi connectivity index (χ0v) is 10.7. The first-order chi connectivity index (χ1) is 8.36. The number of benzene rings is 1. The summed E-state index contributed by atoms with van der Waals surface area (Å²) in [6, 6.07) is 10.4. The molecule has 0 spiro atoms. The lowest BCUT2D eigenvalue weighted by molar-refractivity contribution is 0.391. The highest BCUT2D eigenvalue weighted by atomic mass is 15.2. The Morgan fingerprint density at radius 1 is 1.12 bits per heavy atom. The second-order valence-corrected chi connectivity index (χ2v) is 5.40. The van der Waals surface area contributed by atoms with Crippen LogP contribution in [-0.4, -0.2) is 25.2 Å². The maximum absolute atomic E-state index is 3.47. The molecule has 0 radical (unpaired) electrons. The van der Waals surface area contributed by atoms with Gasteiger partial charge in [0.2, 0.25) is 0 Å². The molecule has 1 fully saturated rings. The monoisotopic (exact) mass is 230 g/mol. The number of hydrogen-bond acceptors (Lipinski definition) is 2. The van der Waals surface area contributed by atoms with Crippen molar-refractivity contribution in [1.82, 2.24) is 5.32 Å². The van der Waals surface area contributed by atoms with Gasteiger partial charge in [0.15, 0.2) is 0 Å². The lowest BCUT2D eigenvalue weighted by Gasteiger charge is -2.44. The number of para-hydroxylation sites is 1. The molecule has 92 valence electrons. The van der Waals surface area contributed by atoms with E-state index < -0.39 is 0 Å². The van der Waals surface area contributed by atoms with E-state index in [-0.39, 0.29) is 0 Å². The van der Waals surface area contributed by atoms with Crippen molar-refractivity contribution in [2.24, 2.45) is 0 Å². The van der Waals surface area contributed by atoms with Gasteiger partial charge in [-0.05, 0) is 57.3 Å². The molecule has 2 heterocycles. The molecule has 0 aromatic heterocycles. The number of rotatable bonds is 1. The number of fused-ring (bicyclic) bond motifs is 1. The molecule has 2 aliphatic rings. The molecule has 17 heavy (non-hydrogen) atoms. The minimum Gasteiger partial charge on any atom is -0.366 e. The van der Waals surface area contributed by atoms with E-state index in [0.717, 1.165) is 6.04 Å². The molecule has 1 atom stereocenters. The minimum atomic E-state index is 0.702. The average molecular weight is 230 g/mol. The summed E-state index contributed by atoms with van der Waals surface area (Å²) in [5, 5.41) is 3.47. The van der Waals surface area contributed by atoms with Crippen LogP contribution < -0.4 is 10.2 Å². The van der Waals surface area contributed by atoms with Crippen molar-refractivity contribution in [1.29, 1.82) is 0 Å². The smallest absolute Gasteiger partial charge is 0.0403 e. The molecular weight excluding hydrogens is 208 g/mol. The van der Waals surface area contributed by atoms with Gasteiger partial charge in [0.25, 0.3) is 0 Å². The Labute approximate surface area is 104 Å². The second-order valence-electron chi connectivity index (χ2n) is 5.40.